The molecule has 3 heteroatoms. The molecule has 0 aliphatic heterocycles. The highest BCUT2D eigenvalue weighted by molar-refractivity contribution is 6.22. The smallest absolute Gasteiger partial charge is 0.166 e. The van der Waals surface area contributed by atoms with Gasteiger partial charge in [-0.1, -0.05) is 115 Å². The van der Waals surface area contributed by atoms with E-state index in [0.717, 1.165) is 66.2 Å². The van der Waals surface area contributed by atoms with Gasteiger partial charge in [0.25, 0.3) is 0 Å². The number of hydrogen-bond acceptors (Lipinski definition) is 0. The van der Waals surface area contributed by atoms with E-state index in [0.29, 0.717) is 5.56 Å². The van der Waals surface area contributed by atoms with E-state index in [1.807, 2.05) is 48.5 Å². The zero-order chi connectivity index (χ0) is 27.3. The van der Waals surface area contributed by atoms with Crippen LogP contribution < -0.4 is 0 Å². The molecule has 0 aliphatic rings. The van der Waals surface area contributed by atoms with Crippen molar-refractivity contribution in [3.8, 4) is 33.4 Å². The molecule has 0 spiro atoms. The first-order chi connectivity index (χ1) is 19.5. The lowest BCUT2D eigenvalue weighted by Gasteiger charge is -2.19. The highest BCUT2D eigenvalue weighted by Gasteiger charge is 2.31. The van der Waals surface area contributed by atoms with Gasteiger partial charge in [-0.2, -0.15) is 13.2 Å². The average molecular weight is 525 g/mol. The molecule has 0 N–H and O–H groups in total. The molecule has 0 bridgehead atoms. The van der Waals surface area contributed by atoms with Crippen molar-refractivity contribution in [3.63, 3.8) is 0 Å². The van der Waals surface area contributed by atoms with Crippen LogP contribution in [0, 0.1) is 0 Å². The Morgan fingerprint density at radius 3 is 1.68 bits per heavy atom. The summed E-state index contributed by atoms with van der Waals surface area (Å²) in [6.45, 7) is 0. The Balaban J connectivity index is 1.62. The summed E-state index contributed by atoms with van der Waals surface area (Å²) in [5, 5.41) is 6.14. The van der Waals surface area contributed by atoms with Crippen LogP contribution in [0.2, 0.25) is 0 Å². The predicted octanol–water partition coefficient (Wildman–Crippen LogP) is 11.2. The minimum Gasteiger partial charge on any atom is -0.166 e. The molecule has 192 valence electrons. The molecule has 0 saturated heterocycles. The standard InChI is InChI=1S/C37H23F3/c38-37(39,40)30-14-8-13-28(22-30)35-31-15-6-7-16-32(31)36(29-18-17-25-11-4-5-12-26(25)21-29)34-23-27(19-20-33(34)35)24-9-2-1-3-10-24/h1-23H. The number of benzene rings is 7. The number of alkyl halides is 3. The van der Waals surface area contributed by atoms with Gasteiger partial charge in [0.05, 0.1) is 5.56 Å². The van der Waals surface area contributed by atoms with E-state index < -0.39 is 11.7 Å². The Morgan fingerprint density at radius 1 is 0.350 bits per heavy atom. The largest absolute Gasteiger partial charge is 0.416 e. The summed E-state index contributed by atoms with van der Waals surface area (Å²) in [6.07, 6.45) is -4.42. The molecule has 0 atom stereocenters. The van der Waals surface area contributed by atoms with E-state index in [2.05, 4.69) is 66.7 Å². The summed E-state index contributed by atoms with van der Waals surface area (Å²) in [7, 11) is 0. The van der Waals surface area contributed by atoms with Gasteiger partial charge in [0, 0.05) is 0 Å². The molecule has 7 aromatic carbocycles. The topological polar surface area (TPSA) is 0 Å². The summed E-state index contributed by atoms with van der Waals surface area (Å²) in [5.41, 5.74) is 4.99. The van der Waals surface area contributed by atoms with Crippen LogP contribution in [-0.4, -0.2) is 0 Å². The van der Waals surface area contributed by atoms with Crippen molar-refractivity contribution < 1.29 is 13.2 Å². The molecular weight excluding hydrogens is 501 g/mol. The third-order valence-corrected chi connectivity index (χ3v) is 7.65. The molecule has 7 aromatic rings. The molecule has 0 fully saturated rings. The molecule has 0 heterocycles. The second kappa shape index (κ2) is 9.39. The molecule has 0 radical (unpaired) electrons. The lowest BCUT2D eigenvalue weighted by molar-refractivity contribution is -0.137. The molecule has 7 rings (SSSR count). The Bertz CT molecular complexity index is 2040. The van der Waals surface area contributed by atoms with Gasteiger partial charge in [0.15, 0.2) is 0 Å². The first-order valence-corrected chi connectivity index (χ1v) is 13.2. The monoisotopic (exact) mass is 524 g/mol. The van der Waals surface area contributed by atoms with Crippen molar-refractivity contribution in [3.05, 3.63) is 145 Å². The second-order valence-electron chi connectivity index (χ2n) is 10.1. The molecule has 0 unspecified atom stereocenters. The maximum atomic E-state index is 13.8. The molecule has 0 aliphatic carbocycles. The van der Waals surface area contributed by atoms with Crippen LogP contribution in [0.4, 0.5) is 13.2 Å². The third kappa shape index (κ3) is 4.11. The Kier molecular flexibility index (Phi) is 5.67. The molecule has 40 heavy (non-hydrogen) atoms. The normalized spacial score (nSPS) is 11.9. The second-order valence-corrected chi connectivity index (χ2v) is 10.1. The van der Waals surface area contributed by atoms with E-state index in [9.17, 15) is 13.2 Å². The summed E-state index contributed by atoms with van der Waals surface area (Å²) in [6, 6.07) is 44.9. The molecule has 0 saturated carbocycles. The van der Waals surface area contributed by atoms with Crippen molar-refractivity contribution in [1.82, 2.24) is 0 Å². The van der Waals surface area contributed by atoms with Crippen LogP contribution in [0.5, 0.6) is 0 Å². The number of fused-ring (bicyclic) bond motifs is 3. The lowest BCUT2D eigenvalue weighted by Crippen LogP contribution is -2.04. The highest BCUT2D eigenvalue weighted by Crippen LogP contribution is 2.46. The molecule has 0 nitrogen and oxygen atoms in total. The Hall–Kier alpha value is -4.89. The van der Waals surface area contributed by atoms with Crippen LogP contribution in [-0.2, 0) is 6.18 Å². The van der Waals surface area contributed by atoms with E-state index in [-0.39, 0.29) is 0 Å². The van der Waals surface area contributed by atoms with Gasteiger partial charge >= 0.3 is 6.18 Å². The fourth-order valence-electron chi connectivity index (χ4n) is 5.81. The predicted molar refractivity (Wildman–Crippen MR) is 160 cm³/mol. The SMILES string of the molecule is FC(F)(F)c1cccc(-c2c3ccccc3c(-c3ccc4ccccc4c3)c3cc(-c4ccccc4)ccc23)c1. The Morgan fingerprint density at radius 2 is 0.925 bits per heavy atom. The van der Waals surface area contributed by atoms with E-state index >= 15 is 0 Å². The first kappa shape index (κ1) is 24.2. The quantitative estimate of drug-likeness (QED) is 0.202. The third-order valence-electron chi connectivity index (χ3n) is 7.65. The summed E-state index contributed by atoms with van der Waals surface area (Å²) in [5.74, 6) is 0. The van der Waals surface area contributed by atoms with Gasteiger partial charge < -0.3 is 0 Å². The minimum atomic E-state index is -4.42. The fraction of sp³-hybridized carbons (Fsp3) is 0.0270. The van der Waals surface area contributed by atoms with Crippen LogP contribution >= 0.6 is 0 Å². The van der Waals surface area contributed by atoms with Crippen LogP contribution in [0.25, 0.3) is 65.7 Å². The Labute approximate surface area is 230 Å². The van der Waals surface area contributed by atoms with Crippen molar-refractivity contribution in [2.45, 2.75) is 6.18 Å². The summed E-state index contributed by atoms with van der Waals surface area (Å²) in [4.78, 5) is 0. The summed E-state index contributed by atoms with van der Waals surface area (Å²) >= 11 is 0. The van der Waals surface area contributed by atoms with Crippen molar-refractivity contribution in [1.29, 1.82) is 0 Å². The molecular formula is C37H23F3. The van der Waals surface area contributed by atoms with Crippen molar-refractivity contribution in [2.75, 3.05) is 0 Å². The minimum absolute atomic E-state index is 0.550. The summed E-state index contributed by atoms with van der Waals surface area (Å²) < 4.78 is 41.3. The molecule has 0 amide bonds. The van der Waals surface area contributed by atoms with E-state index in [4.69, 9.17) is 0 Å². The van der Waals surface area contributed by atoms with Crippen LogP contribution in [0.3, 0.4) is 0 Å². The fourth-order valence-corrected chi connectivity index (χ4v) is 5.81. The maximum absolute atomic E-state index is 13.8. The number of halogens is 3. The average Bonchev–Trinajstić information content (AvgIpc) is 2.99. The van der Waals surface area contributed by atoms with Gasteiger partial charge in [-0.05, 0) is 90.0 Å². The van der Waals surface area contributed by atoms with Crippen molar-refractivity contribution >= 4 is 32.3 Å². The van der Waals surface area contributed by atoms with Crippen LogP contribution in [0.1, 0.15) is 5.56 Å². The number of hydrogen-bond donors (Lipinski definition) is 0. The zero-order valence-corrected chi connectivity index (χ0v) is 21.4. The molecule has 0 aromatic heterocycles. The lowest BCUT2D eigenvalue weighted by atomic mass is 9.84. The van der Waals surface area contributed by atoms with E-state index in [1.54, 1.807) is 6.07 Å². The van der Waals surface area contributed by atoms with Gasteiger partial charge in [0.1, 0.15) is 0 Å². The van der Waals surface area contributed by atoms with Crippen molar-refractivity contribution in [2.24, 2.45) is 0 Å². The van der Waals surface area contributed by atoms with Gasteiger partial charge in [0.2, 0.25) is 0 Å². The van der Waals surface area contributed by atoms with Gasteiger partial charge in [-0.25, -0.2) is 0 Å². The van der Waals surface area contributed by atoms with Gasteiger partial charge in [-0.15, -0.1) is 0 Å². The highest BCUT2D eigenvalue weighted by atomic mass is 19.4. The number of rotatable bonds is 3. The first-order valence-electron chi connectivity index (χ1n) is 13.2. The maximum Gasteiger partial charge on any atom is 0.416 e. The zero-order valence-electron chi connectivity index (χ0n) is 21.4. The van der Waals surface area contributed by atoms with Crippen LogP contribution in [0.15, 0.2) is 140 Å². The van der Waals surface area contributed by atoms with Gasteiger partial charge in [-0.3, -0.25) is 0 Å². The van der Waals surface area contributed by atoms with E-state index in [1.165, 1.54) is 12.1 Å².